The fraction of sp³-hybridized carbons (Fsp3) is 0.125. The molecule has 0 aliphatic rings. The van der Waals surface area contributed by atoms with Gasteiger partial charge >= 0.3 is 0 Å². The molecule has 0 saturated heterocycles. The van der Waals surface area contributed by atoms with Crippen LogP contribution in [-0.4, -0.2) is 17.5 Å². The lowest BCUT2D eigenvalue weighted by Crippen LogP contribution is -2.05. The quantitative estimate of drug-likeness (QED) is 0.679. The average Bonchev–Trinajstić information content (AvgIpc) is 2.01. The van der Waals surface area contributed by atoms with Crippen LogP contribution in [0.5, 0.6) is 0 Å². The van der Waals surface area contributed by atoms with E-state index in [2.05, 4.69) is 0 Å². The highest BCUT2D eigenvalue weighted by Crippen LogP contribution is 2.08. The number of hydrogen-bond donors (Lipinski definition) is 1. The van der Waals surface area contributed by atoms with Crippen molar-refractivity contribution in [3.05, 3.63) is 35.4 Å². The van der Waals surface area contributed by atoms with E-state index in [1.807, 2.05) is 0 Å². The maximum atomic E-state index is 12.5. The molecule has 0 saturated carbocycles. The van der Waals surface area contributed by atoms with Crippen LogP contribution in [0.2, 0.25) is 0 Å². The second-order valence-electron chi connectivity index (χ2n) is 2.24. The summed E-state index contributed by atoms with van der Waals surface area (Å²) in [5.41, 5.74) is -0.157. The summed E-state index contributed by atoms with van der Waals surface area (Å²) in [5, 5.41) is 8.38. The largest absolute Gasteiger partial charge is 0.388 e. The van der Waals surface area contributed by atoms with E-state index in [9.17, 15) is 13.6 Å². The third kappa shape index (κ3) is 1.85. The number of ketones is 1. The molecule has 1 rings (SSSR count). The fourth-order valence-electron chi connectivity index (χ4n) is 0.806. The molecule has 0 bridgehead atoms. The van der Waals surface area contributed by atoms with Gasteiger partial charge in [-0.25, -0.2) is 8.78 Å². The van der Waals surface area contributed by atoms with Crippen molar-refractivity contribution in [2.75, 3.05) is 6.61 Å². The lowest BCUT2D eigenvalue weighted by atomic mass is 10.1. The van der Waals surface area contributed by atoms with Gasteiger partial charge in [-0.05, 0) is 12.1 Å². The Labute approximate surface area is 67.4 Å². The summed E-state index contributed by atoms with van der Waals surface area (Å²) in [6, 6.07) is 2.41. The molecule has 64 valence electrons. The van der Waals surface area contributed by atoms with Gasteiger partial charge in [-0.2, -0.15) is 0 Å². The molecule has 0 aliphatic heterocycles. The molecule has 0 aliphatic carbocycles. The molecule has 1 aromatic carbocycles. The Morgan fingerprint density at radius 2 is 1.75 bits per heavy atom. The summed E-state index contributed by atoms with van der Waals surface area (Å²) in [4.78, 5) is 10.7. The van der Waals surface area contributed by atoms with E-state index >= 15 is 0 Å². The summed E-state index contributed by atoms with van der Waals surface area (Å²) in [6.45, 7) is -0.747. The first kappa shape index (κ1) is 8.80. The van der Waals surface area contributed by atoms with Crippen LogP contribution < -0.4 is 0 Å². The van der Waals surface area contributed by atoms with Crippen LogP contribution in [0.4, 0.5) is 8.78 Å². The topological polar surface area (TPSA) is 37.3 Å². The van der Waals surface area contributed by atoms with Gasteiger partial charge in [0.05, 0.1) is 0 Å². The first-order valence-electron chi connectivity index (χ1n) is 3.23. The molecular weight excluding hydrogens is 166 g/mol. The zero-order valence-electron chi connectivity index (χ0n) is 6.05. The van der Waals surface area contributed by atoms with E-state index in [-0.39, 0.29) is 5.56 Å². The lowest BCUT2D eigenvalue weighted by Gasteiger charge is -1.97. The van der Waals surface area contributed by atoms with E-state index < -0.39 is 24.0 Å². The number of benzene rings is 1. The Morgan fingerprint density at radius 3 is 2.17 bits per heavy atom. The maximum absolute atomic E-state index is 12.5. The molecule has 2 nitrogen and oxygen atoms in total. The van der Waals surface area contributed by atoms with Crippen molar-refractivity contribution in [3.63, 3.8) is 0 Å². The molecule has 0 spiro atoms. The molecule has 0 unspecified atom stereocenters. The highest BCUT2D eigenvalue weighted by atomic mass is 19.1. The molecule has 1 aromatic rings. The number of carbonyl (C=O) groups is 1. The van der Waals surface area contributed by atoms with E-state index in [4.69, 9.17) is 5.11 Å². The Bertz CT molecular complexity index is 290. The van der Waals surface area contributed by atoms with Crippen molar-refractivity contribution in [2.45, 2.75) is 0 Å². The zero-order chi connectivity index (χ0) is 9.14. The molecule has 0 atom stereocenters. The van der Waals surface area contributed by atoms with E-state index in [0.717, 1.165) is 12.1 Å². The molecule has 1 N–H and O–H groups in total. The predicted molar refractivity (Wildman–Crippen MR) is 37.8 cm³/mol. The first-order chi connectivity index (χ1) is 5.63. The summed E-state index contributed by atoms with van der Waals surface area (Å²) in [6.07, 6.45) is 0. The number of halogens is 2. The molecule has 0 amide bonds. The van der Waals surface area contributed by atoms with Crippen LogP contribution in [0.3, 0.4) is 0 Å². The van der Waals surface area contributed by atoms with Crippen LogP contribution >= 0.6 is 0 Å². The van der Waals surface area contributed by atoms with Crippen molar-refractivity contribution in [3.8, 4) is 0 Å². The minimum Gasteiger partial charge on any atom is -0.388 e. The lowest BCUT2D eigenvalue weighted by molar-refractivity contribution is 0.0903. The molecule has 0 fully saturated rings. The number of aliphatic hydroxyl groups is 1. The minimum absolute atomic E-state index is 0.157. The third-order valence-corrected chi connectivity index (χ3v) is 1.33. The van der Waals surface area contributed by atoms with Crippen molar-refractivity contribution >= 4 is 5.78 Å². The van der Waals surface area contributed by atoms with Gasteiger partial charge in [0.1, 0.15) is 18.2 Å². The summed E-state index contributed by atoms with van der Waals surface area (Å²) in [7, 11) is 0. The van der Waals surface area contributed by atoms with Gasteiger partial charge in [-0.3, -0.25) is 4.79 Å². The third-order valence-electron chi connectivity index (χ3n) is 1.33. The Kier molecular flexibility index (Phi) is 2.50. The van der Waals surface area contributed by atoms with Gasteiger partial charge in [-0.1, -0.05) is 0 Å². The predicted octanol–water partition coefficient (Wildman–Crippen LogP) is 1.14. The molecular formula is C8H6F2O2. The van der Waals surface area contributed by atoms with Crippen LogP contribution in [0.15, 0.2) is 18.2 Å². The van der Waals surface area contributed by atoms with E-state index in [1.165, 1.54) is 0 Å². The number of carbonyl (C=O) groups excluding carboxylic acids is 1. The van der Waals surface area contributed by atoms with Gasteiger partial charge in [0.15, 0.2) is 5.78 Å². The SMILES string of the molecule is O=C(CO)c1cc(F)cc(F)c1. The number of Topliss-reactive ketones (excluding diaryl/α,β-unsaturated/α-hetero) is 1. The summed E-state index contributed by atoms with van der Waals surface area (Å²) >= 11 is 0. The minimum atomic E-state index is -0.827. The monoisotopic (exact) mass is 172 g/mol. The number of aliphatic hydroxyl groups excluding tert-OH is 1. The van der Waals surface area contributed by atoms with Crippen molar-refractivity contribution in [2.24, 2.45) is 0 Å². The van der Waals surface area contributed by atoms with Crippen molar-refractivity contribution in [1.29, 1.82) is 0 Å². The number of rotatable bonds is 2. The second-order valence-corrected chi connectivity index (χ2v) is 2.24. The van der Waals surface area contributed by atoms with E-state index in [1.54, 1.807) is 0 Å². The molecule has 0 aromatic heterocycles. The molecule has 12 heavy (non-hydrogen) atoms. The van der Waals surface area contributed by atoms with Gasteiger partial charge in [0, 0.05) is 11.6 Å². The second kappa shape index (κ2) is 3.40. The van der Waals surface area contributed by atoms with Crippen LogP contribution in [-0.2, 0) is 0 Å². The summed E-state index contributed by atoms with van der Waals surface area (Å²) in [5.74, 6) is -2.35. The van der Waals surface area contributed by atoms with Gasteiger partial charge in [0.25, 0.3) is 0 Å². The van der Waals surface area contributed by atoms with Crippen LogP contribution in [0.25, 0.3) is 0 Å². The molecule has 4 heteroatoms. The Balaban J connectivity index is 3.08. The van der Waals surface area contributed by atoms with Crippen LogP contribution in [0, 0.1) is 11.6 Å². The highest BCUT2D eigenvalue weighted by molar-refractivity contribution is 5.96. The van der Waals surface area contributed by atoms with Gasteiger partial charge in [-0.15, -0.1) is 0 Å². The zero-order valence-corrected chi connectivity index (χ0v) is 6.05. The molecule has 0 radical (unpaired) electrons. The normalized spacial score (nSPS) is 9.92. The highest BCUT2D eigenvalue weighted by Gasteiger charge is 2.07. The smallest absolute Gasteiger partial charge is 0.188 e. The number of hydrogen-bond acceptors (Lipinski definition) is 2. The van der Waals surface area contributed by atoms with Crippen molar-refractivity contribution < 1.29 is 18.7 Å². The fourth-order valence-corrected chi connectivity index (χ4v) is 0.806. The Morgan fingerprint density at radius 1 is 1.25 bits per heavy atom. The standard InChI is InChI=1S/C8H6F2O2/c9-6-1-5(8(12)4-11)2-7(10)3-6/h1-3,11H,4H2. The molecule has 0 heterocycles. The van der Waals surface area contributed by atoms with Crippen molar-refractivity contribution in [1.82, 2.24) is 0 Å². The van der Waals surface area contributed by atoms with Gasteiger partial charge < -0.3 is 5.11 Å². The summed E-state index contributed by atoms with van der Waals surface area (Å²) < 4.78 is 24.9. The maximum Gasteiger partial charge on any atom is 0.188 e. The first-order valence-corrected chi connectivity index (χ1v) is 3.23. The van der Waals surface area contributed by atoms with Gasteiger partial charge in [0.2, 0.25) is 0 Å². The van der Waals surface area contributed by atoms with Crippen LogP contribution in [0.1, 0.15) is 10.4 Å². The Hall–Kier alpha value is -1.29. The average molecular weight is 172 g/mol. The van der Waals surface area contributed by atoms with E-state index in [0.29, 0.717) is 6.07 Å².